The Balaban J connectivity index is 3.60. The van der Waals surface area contributed by atoms with Crippen molar-refractivity contribution < 1.29 is 5.11 Å². The molecular weight excluding hydrogens is 136 g/mol. The highest BCUT2D eigenvalue weighted by Crippen LogP contribution is 2.13. The lowest BCUT2D eigenvalue weighted by Crippen LogP contribution is -2.14. The molecule has 0 bridgehead atoms. The second kappa shape index (κ2) is 6.41. The van der Waals surface area contributed by atoms with Gasteiger partial charge in [-0.1, -0.05) is 25.5 Å². The van der Waals surface area contributed by atoms with E-state index < -0.39 is 0 Å². The summed E-state index contributed by atoms with van der Waals surface area (Å²) in [4.78, 5) is 0. The number of rotatable bonds is 5. The van der Waals surface area contributed by atoms with Crippen molar-refractivity contribution in [1.82, 2.24) is 0 Å². The Kier molecular flexibility index (Phi) is 6.24. The van der Waals surface area contributed by atoms with Crippen LogP contribution in [-0.4, -0.2) is 11.2 Å². The zero-order valence-electron chi connectivity index (χ0n) is 7.59. The van der Waals surface area contributed by atoms with Crippen molar-refractivity contribution in [2.24, 2.45) is 5.92 Å². The van der Waals surface area contributed by atoms with E-state index in [2.05, 4.69) is 19.9 Å². The van der Waals surface area contributed by atoms with Gasteiger partial charge in [-0.15, -0.1) is 0 Å². The maximum atomic E-state index is 9.26. The third-order valence-corrected chi connectivity index (χ3v) is 1.98. The molecule has 0 aromatic carbocycles. The molecule has 0 aliphatic heterocycles. The van der Waals surface area contributed by atoms with Gasteiger partial charge in [-0.05, 0) is 32.6 Å². The second-order valence-corrected chi connectivity index (χ2v) is 2.90. The molecule has 65 valence electrons. The molecule has 0 aromatic heterocycles. The van der Waals surface area contributed by atoms with Crippen LogP contribution in [0.1, 0.15) is 33.1 Å². The minimum Gasteiger partial charge on any atom is -0.393 e. The van der Waals surface area contributed by atoms with Crippen molar-refractivity contribution >= 4 is 0 Å². The molecule has 0 aliphatic rings. The Morgan fingerprint density at radius 1 is 1.45 bits per heavy atom. The molecule has 0 aliphatic carbocycles. The molecule has 1 N–H and O–H groups in total. The third kappa shape index (κ3) is 5.02. The summed E-state index contributed by atoms with van der Waals surface area (Å²) in [6, 6.07) is 0. The number of aliphatic hydroxyl groups is 1. The average molecular weight is 155 g/mol. The van der Waals surface area contributed by atoms with Crippen LogP contribution in [0.2, 0.25) is 0 Å². The summed E-state index contributed by atoms with van der Waals surface area (Å²) >= 11 is 0. The van der Waals surface area contributed by atoms with Crippen LogP contribution in [0.4, 0.5) is 0 Å². The van der Waals surface area contributed by atoms with Gasteiger partial charge in [0.15, 0.2) is 0 Å². The Morgan fingerprint density at radius 2 is 2.09 bits per heavy atom. The van der Waals surface area contributed by atoms with E-state index in [1.54, 1.807) is 0 Å². The lowest BCUT2D eigenvalue weighted by molar-refractivity contribution is 0.124. The number of allylic oxidation sites excluding steroid dienone is 2. The van der Waals surface area contributed by atoms with Crippen LogP contribution in [0.5, 0.6) is 0 Å². The summed E-state index contributed by atoms with van der Waals surface area (Å²) in [5.74, 6) is 0.415. The molecule has 1 heteroatoms. The van der Waals surface area contributed by atoms with Crippen molar-refractivity contribution in [2.45, 2.75) is 39.2 Å². The van der Waals surface area contributed by atoms with Gasteiger partial charge in [-0.25, -0.2) is 0 Å². The van der Waals surface area contributed by atoms with Crippen LogP contribution in [0.3, 0.4) is 0 Å². The van der Waals surface area contributed by atoms with E-state index >= 15 is 0 Å². The zero-order chi connectivity index (χ0) is 8.69. The summed E-state index contributed by atoms with van der Waals surface area (Å²) in [6.45, 7) is 7.66. The van der Waals surface area contributed by atoms with Gasteiger partial charge in [-0.2, -0.15) is 0 Å². The van der Waals surface area contributed by atoms with Crippen LogP contribution >= 0.6 is 0 Å². The first-order valence-electron chi connectivity index (χ1n) is 4.34. The Labute approximate surface area is 70.1 Å². The lowest BCUT2D eigenvalue weighted by Gasteiger charge is -2.15. The minimum absolute atomic E-state index is 0.186. The van der Waals surface area contributed by atoms with Crippen LogP contribution in [0.25, 0.3) is 0 Å². The third-order valence-electron chi connectivity index (χ3n) is 1.98. The van der Waals surface area contributed by atoms with Crippen LogP contribution in [-0.2, 0) is 0 Å². The van der Waals surface area contributed by atoms with Crippen molar-refractivity contribution in [2.75, 3.05) is 0 Å². The quantitative estimate of drug-likeness (QED) is 0.605. The van der Waals surface area contributed by atoms with E-state index in [1.165, 1.54) is 0 Å². The predicted molar refractivity (Wildman–Crippen MR) is 49.2 cm³/mol. The van der Waals surface area contributed by atoms with E-state index in [1.807, 2.05) is 13.0 Å². The number of hydrogen-bond acceptors (Lipinski definition) is 1. The normalized spacial score (nSPS) is 17.1. The average Bonchev–Trinajstić information content (AvgIpc) is 1.97. The zero-order valence-corrected chi connectivity index (χ0v) is 7.59. The fraction of sp³-hybridized carbons (Fsp3) is 0.700. The smallest absolute Gasteiger partial charge is 0.0543 e. The predicted octanol–water partition coefficient (Wildman–Crippen LogP) is 2.56. The van der Waals surface area contributed by atoms with E-state index in [0.717, 1.165) is 19.3 Å². The molecule has 0 rings (SSSR count). The number of hydrogen-bond donors (Lipinski definition) is 1. The molecular formula is C10H19O. The van der Waals surface area contributed by atoms with Crippen LogP contribution < -0.4 is 0 Å². The first-order chi connectivity index (χ1) is 5.22. The summed E-state index contributed by atoms with van der Waals surface area (Å²) in [7, 11) is 0. The molecule has 1 radical (unpaired) electrons. The summed E-state index contributed by atoms with van der Waals surface area (Å²) in [6.07, 6.45) is 6.83. The molecule has 1 nitrogen and oxygen atoms in total. The Morgan fingerprint density at radius 3 is 2.45 bits per heavy atom. The molecule has 0 aromatic rings. The molecule has 11 heavy (non-hydrogen) atoms. The molecule has 0 heterocycles. The molecule has 0 amide bonds. The standard InChI is InChI=1S/C10H19O/c1-4-6-7-8-10(5-2)9(3)11/h6-7,9-11H,1,4-5,8H2,2-3H3. The lowest BCUT2D eigenvalue weighted by atomic mass is 9.97. The maximum absolute atomic E-state index is 9.26. The van der Waals surface area contributed by atoms with E-state index in [9.17, 15) is 5.11 Å². The van der Waals surface area contributed by atoms with Crippen molar-refractivity contribution in [3.05, 3.63) is 19.1 Å². The first-order valence-corrected chi connectivity index (χ1v) is 4.34. The topological polar surface area (TPSA) is 20.2 Å². The first kappa shape index (κ1) is 10.7. The van der Waals surface area contributed by atoms with E-state index in [4.69, 9.17) is 0 Å². The van der Waals surface area contributed by atoms with Crippen molar-refractivity contribution in [3.8, 4) is 0 Å². The van der Waals surface area contributed by atoms with Crippen LogP contribution in [0, 0.1) is 12.8 Å². The molecule has 2 atom stereocenters. The van der Waals surface area contributed by atoms with Gasteiger partial charge in [0.05, 0.1) is 6.10 Å². The summed E-state index contributed by atoms with van der Waals surface area (Å²) in [5.41, 5.74) is 0. The molecule has 0 fully saturated rings. The summed E-state index contributed by atoms with van der Waals surface area (Å²) in [5, 5.41) is 9.26. The van der Waals surface area contributed by atoms with Gasteiger partial charge in [0.2, 0.25) is 0 Å². The fourth-order valence-electron chi connectivity index (χ4n) is 1.09. The minimum atomic E-state index is -0.186. The number of aliphatic hydroxyl groups excluding tert-OH is 1. The highest BCUT2D eigenvalue weighted by molar-refractivity contribution is 4.85. The van der Waals surface area contributed by atoms with Gasteiger partial charge in [0, 0.05) is 0 Å². The van der Waals surface area contributed by atoms with Crippen molar-refractivity contribution in [3.63, 3.8) is 0 Å². The highest BCUT2D eigenvalue weighted by atomic mass is 16.3. The van der Waals surface area contributed by atoms with Crippen LogP contribution in [0.15, 0.2) is 12.2 Å². The Bertz CT molecular complexity index is 105. The van der Waals surface area contributed by atoms with Gasteiger partial charge in [0.25, 0.3) is 0 Å². The van der Waals surface area contributed by atoms with Gasteiger partial charge >= 0.3 is 0 Å². The fourth-order valence-corrected chi connectivity index (χ4v) is 1.09. The molecule has 2 unspecified atom stereocenters. The largest absolute Gasteiger partial charge is 0.393 e. The second-order valence-electron chi connectivity index (χ2n) is 2.90. The molecule has 0 saturated heterocycles. The molecule has 0 spiro atoms. The highest BCUT2D eigenvalue weighted by Gasteiger charge is 2.09. The van der Waals surface area contributed by atoms with E-state index in [-0.39, 0.29) is 6.10 Å². The molecule has 0 saturated carbocycles. The van der Waals surface area contributed by atoms with Crippen molar-refractivity contribution in [1.29, 1.82) is 0 Å². The summed E-state index contributed by atoms with van der Waals surface area (Å²) < 4.78 is 0. The Hall–Kier alpha value is -0.300. The maximum Gasteiger partial charge on any atom is 0.0543 e. The van der Waals surface area contributed by atoms with Gasteiger partial charge in [-0.3, -0.25) is 0 Å². The van der Waals surface area contributed by atoms with Gasteiger partial charge < -0.3 is 5.11 Å². The van der Waals surface area contributed by atoms with E-state index in [0.29, 0.717) is 5.92 Å². The monoisotopic (exact) mass is 155 g/mol. The van der Waals surface area contributed by atoms with Gasteiger partial charge in [0.1, 0.15) is 0 Å². The SMILES string of the molecule is [CH2]CC=CCC(CC)C(C)O.